The Balaban J connectivity index is 2.38. The smallest absolute Gasteiger partial charge is 0.371 e. The summed E-state index contributed by atoms with van der Waals surface area (Å²) < 4.78 is 16.6. The van der Waals surface area contributed by atoms with E-state index >= 15 is 0 Å². The summed E-state index contributed by atoms with van der Waals surface area (Å²) >= 11 is 0. The average Bonchev–Trinajstić information content (AvgIpc) is 2.44. The van der Waals surface area contributed by atoms with E-state index in [1.807, 2.05) is 13.8 Å². The Bertz CT molecular complexity index is 831. The first-order valence-corrected chi connectivity index (χ1v) is 6.92. The lowest BCUT2D eigenvalue weighted by molar-refractivity contribution is 0.0660. The molecule has 0 fully saturated rings. The number of fused-ring (bicyclic) bond motifs is 3. The molecule has 0 amide bonds. The number of benzene rings is 1. The minimum absolute atomic E-state index is 0.231. The fourth-order valence-corrected chi connectivity index (χ4v) is 2.70. The summed E-state index contributed by atoms with van der Waals surface area (Å²) in [5.41, 5.74) is 0.157. The topological polar surface area (TPSA) is 86.0 Å². The molecule has 0 bridgehead atoms. The number of ether oxygens (including phenoxy) is 2. The van der Waals surface area contributed by atoms with Crippen LogP contribution in [0.5, 0.6) is 11.5 Å². The van der Waals surface area contributed by atoms with E-state index in [1.54, 1.807) is 6.07 Å². The Kier molecular flexibility index (Phi) is 3.12. The van der Waals surface area contributed by atoms with Crippen LogP contribution >= 0.6 is 0 Å². The van der Waals surface area contributed by atoms with Crippen molar-refractivity contribution in [1.82, 2.24) is 0 Å². The standard InChI is InChI=1S/C16H16O6/c1-16(2)5-4-8-10(22-16)7-11(20-3)13-9(17)6-12(15(18)19)21-14(8)13/h6-7H,4-5H2,1-3H3,(H,18,19). The van der Waals surface area contributed by atoms with E-state index in [1.165, 1.54) is 7.11 Å². The Morgan fingerprint density at radius 3 is 2.73 bits per heavy atom. The van der Waals surface area contributed by atoms with Gasteiger partial charge in [0.25, 0.3) is 0 Å². The lowest BCUT2D eigenvalue weighted by atomic mass is 9.93. The monoisotopic (exact) mass is 304 g/mol. The van der Waals surface area contributed by atoms with Gasteiger partial charge in [-0.25, -0.2) is 4.79 Å². The maximum atomic E-state index is 12.3. The van der Waals surface area contributed by atoms with Crippen molar-refractivity contribution in [3.05, 3.63) is 33.7 Å². The van der Waals surface area contributed by atoms with Crippen molar-refractivity contribution in [3.63, 3.8) is 0 Å². The van der Waals surface area contributed by atoms with Gasteiger partial charge in [0, 0.05) is 17.7 Å². The lowest BCUT2D eigenvalue weighted by Gasteiger charge is -2.33. The molecule has 1 aromatic carbocycles. The summed E-state index contributed by atoms with van der Waals surface area (Å²) in [6.07, 6.45) is 1.37. The number of hydrogen-bond acceptors (Lipinski definition) is 5. The molecule has 6 nitrogen and oxygen atoms in total. The Hall–Kier alpha value is -2.50. The van der Waals surface area contributed by atoms with Crippen molar-refractivity contribution in [3.8, 4) is 11.5 Å². The zero-order chi connectivity index (χ0) is 16.1. The summed E-state index contributed by atoms with van der Waals surface area (Å²) in [5, 5.41) is 9.33. The summed E-state index contributed by atoms with van der Waals surface area (Å²) in [5.74, 6) is -0.797. The van der Waals surface area contributed by atoms with Gasteiger partial charge in [-0.2, -0.15) is 0 Å². The highest BCUT2D eigenvalue weighted by molar-refractivity contribution is 5.92. The van der Waals surface area contributed by atoms with Crippen LogP contribution in [0.25, 0.3) is 11.0 Å². The molecular weight excluding hydrogens is 288 g/mol. The van der Waals surface area contributed by atoms with Gasteiger partial charge >= 0.3 is 5.97 Å². The van der Waals surface area contributed by atoms with Gasteiger partial charge in [0.1, 0.15) is 28.1 Å². The molecule has 1 N–H and O–H groups in total. The Labute approximate surface area is 126 Å². The van der Waals surface area contributed by atoms with E-state index in [-0.39, 0.29) is 16.6 Å². The zero-order valence-corrected chi connectivity index (χ0v) is 12.6. The molecular formula is C16H16O6. The molecule has 0 radical (unpaired) electrons. The van der Waals surface area contributed by atoms with Gasteiger partial charge in [0.15, 0.2) is 5.43 Å². The van der Waals surface area contributed by atoms with Crippen molar-refractivity contribution < 1.29 is 23.8 Å². The number of carboxylic acid groups (broad SMARTS) is 1. The predicted octanol–water partition coefficient (Wildman–Crippen LogP) is 2.60. The van der Waals surface area contributed by atoms with Crippen LogP contribution in [0.15, 0.2) is 21.3 Å². The minimum Gasteiger partial charge on any atom is -0.496 e. The molecule has 1 aliphatic heterocycles. The van der Waals surface area contributed by atoms with E-state index in [0.717, 1.165) is 12.5 Å². The molecule has 1 aliphatic rings. The van der Waals surface area contributed by atoms with Gasteiger partial charge in [-0.15, -0.1) is 0 Å². The fourth-order valence-electron chi connectivity index (χ4n) is 2.70. The third-order valence-electron chi connectivity index (χ3n) is 3.82. The normalized spacial score (nSPS) is 16.0. The van der Waals surface area contributed by atoms with Crippen molar-refractivity contribution in [2.45, 2.75) is 32.3 Å². The van der Waals surface area contributed by atoms with Gasteiger partial charge < -0.3 is 19.0 Å². The van der Waals surface area contributed by atoms with Crippen molar-refractivity contribution in [2.24, 2.45) is 0 Å². The predicted molar refractivity (Wildman–Crippen MR) is 79.0 cm³/mol. The third-order valence-corrected chi connectivity index (χ3v) is 3.82. The summed E-state index contributed by atoms with van der Waals surface area (Å²) in [6, 6.07) is 2.63. The Morgan fingerprint density at radius 1 is 1.36 bits per heavy atom. The molecule has 3 rings (SSSR count). The largest absolute Gasteiger partial charge is 0.496 e. The maximum absolute atomic E-state index is 12.3. The highest BCUT2D eigenvalue weighted by Crippen LogP contribution is 2.41. The molecule has 1 aromatic heterocycles. The first kappa shape index (κ1) is 14.4. The number of rotatable bonds is 2. The highest BCUT2D eigenvalue weighted by Gasteiger charge is 2.30. The number of aryl methyl sites for hydroxylation is 1. The molecule has 0 unspecified atom stereocenters. The molecule has 2 aromatic rings. The Morgan fingerprint density at radius 2 is 2.09 bits per heavy atom. The molecule has 0 saturated carbocycles. The van der Waals surface area contributed by atoms with Gasteiger partial charge in [0.05, 0.1) is 7.11 Å². The second kappa shape index (κ2) is 4.76. The van der Waals surface area contributed by atoms with Crippen LogP contribution in [0.3, 0.4) is 0 Å². The number of hydrogen-bond donors (Lipinski definition) is 1. The summed E-state index contributed by atoms with van der Waals surface area (Å²) in [6.45, 7) is 3.94. The molecule has 0 atom stereocenters. The van der Waals surface area contributed by atoms with Gasteiger partial charge in [-0.3, -0.25) is 4.79 Å². The van der Waals surface area contributed by atoms with E-state index < -0.39 is 17.2 Å². The van der Waals surface area contributed by atoms with Crippen LogP contribution in [0.2, 0.25) is 0 Å². The van der Waals surface area contributed by atoms with Crippen molar-refractivity contribution in [2.75, 3.05) is 7.11 Å². The second-order valence-corrected chi connectivity index (χ2v) is 5.90. The SMILES string of the molecule is COc1cc2c(c3oc(C(=O)O)cc(=O)c13)CCC(C)(C)O2. The molecule has 0 spiro atoms. The number of carbonyl (C=O) groups is 1. The van der Waals surface area contributed by atoms with E-state index in [0.29, 0.717) is 23.5 Å². The van der Waals surface area contributed by atoms with E-state index in [2.05, 4.69) is 0 Å². The molecule has 2 heterocycles. The molecule has 6 heteroatoms. The third kappa shape index (κ3) is 2.20. The van der Waals surface area contributed by atoms with Crippen LogP contribution in [-0.2, 0) is 6.42 Å². The first-order valence-electron chi connectivity index (χ1n) is 6.92. The number of methoxy groups -OCH3 is 1. The second-order valence-electron chi connectivity index (χ2n) is 5.90. The highest BCUT2D eigenvalue weighted by atomic mass is 16.5. The summed E-state index contributed by atoms with van der Waals surface area (Å²) in [4.78, 5) is 23.4. The molecule has 0 saturated heterocycles. The van der Waals surface area contributed by atoms with E-state index in [4.69, 9.17) is 19.0 Å². The van der Waals surface area contributed by atoms with Crippen LogP contribution in [0.1, 0.15) is 36.4 Å². The van der Waals surface area contributed by atoms with Crippen molar-refractivity contribution >= 4 is 16.9 Å². The van der Waals surface area contributed by atoms with Gasteiger partial charge in [-0.1, -0.05) is 0 Å². The van der Waals surface area contributed by atoms with Crippen molar-refractivity contribution in [1.29, 1.82) is 0 Å². The molecule has 116 valence electrons. The zero-order valence-electron chi connectivity index (χ0n) is 12.6. The summed E-state index contributed by atoms with van der Waals surface area (Å²) in [7, 11) is 1.44. The maximum Gasteiger partial charge on any atom is 0.371 e. The first-order chi connectivity index (χ1) is 10.3. The van der Waals surface area contributed by atoms with Crippen LogP contribution in [0, 0.1) is 0 Å². The van der Waals surface area contributed by atoms with E-state index in [9.17, 15) is 9.59 Å². The van der Waals surface area contributed by atoms with Gasteiger partial charge in [-0.05, 0) is 26.7 Å². The molecule has 0 aliphatic carbocycles. The molecule has 22 heavy (non-hydrogen) atoms. The van der Waals surface area contributed by atoms with Crippen LogP contribution in [-0.4, -0.2) is 23.8 Å². The number of aromatic carboxylic acids is 1. The van der Waals surface area contributed by atoms with Crippen LogP contribution < -0.4 is 14.9 Å². The van der Waals surface area contributed by atoms with Crippen LogP contribution in [0.4, 0.5) is 0 Å². The quantitative estimate of drug-likeness (QED) is 0.917. The minimum atomic E-state index is -1.28. The number of carboxylic acids is 1. The average molecular weight is 304 g/mol. The van der Waals surface area contributed by atoms with Gasteiger partial charge in [0.2, 0.25) is 5.76 Å². The lowest BCUT2D eigenvalue weighted by Crippen LogP contribution is -2.32. The fraction of sp³-hybridized carbons (Fsp3) is 0.375.